The molecule has 240 valence electrons. The van der Waals surface area contributed by atoms with Crippen molar-refractivity contribution >= 4 is 17.5 Å². The molecule has 2 amide bonds. The van der Waals surface area contributed by atoms with Gasteiger partial charge in [0.2, 0.25) is 11.8 Å². The Bertz CT molecular complexity index is 1550. The maximum Gasteiger partial charge on any atom is 0.434 e. The van der Waals surface area contributed by atoms with Gasteiger partial charge in [0.05, 0.1) is 42.3 Å². The van der Waals surface area contributed by atoms with Crippen molar-refractivity contribution < 1.29 is 32.2 Å². The van der Waals surface area contributed by atoms with Gasteiger partial charge in [0.25, 0.3) is 11.8 Å². The van der Waals surface area contributed by atoms with Gasteiger partial charge in [-0.15, -0.1) is 0 Å². The molecule has 0 unspecified atom stereocenters. The van der Waals surface area contributed by atoms with Crippen LogP contribution >= 0.6 is 0 Å². The highest BCUT2D eigenvalue weighted by molar-refractivity contribution is 5.99. The number of nitrogens with one attached hydrogen (secondary N) is 1. The van der Waals surface area contributed by atoms with Crippen LogP contribution in [0.15, 0.2) is 42.6 Å². The molecule has 5 heterocycles. The van der Waals surface area contributed by atoms with Crippen LogP contribution in [0.5, 0.6) is 11.8 Å². The molecular formula is C31H36F3N7O4. The molecule has 5 rings (SSSR count). The number of hydrogen-bond acceptors (Lipinski definition) is 9. The molecule has 0 aliphatic carbocycles. The SMILES string of the molecule is CCOc1ccc(C(=O)N2CCN(c3ccc(-c4cccnc4OC)nc3C(=O)NC3CN(C)C3)[C@H](CC)C2)c(C(F)(F)F)n1. The fourth-order valence-electron chi connectivity index (χ4n) is 5.73. The largest absolute Gasteiger partial charge is 0.481 e. The Morgan fingerprint density at radius 3 is 2.49 bits per heavy atom. The van der Waals surface area contributed by atoms with Crippen LogP contribution in [0.1, 0.15) is 46.8 Å². The summed E-state index contributed by atoms with van der Waals surface area (Å²) in [5, 5.41) is 3.06. The number of rotatable bonds is 9. The Balaban J connectivity index is 1.45. The predicted octanol–water partition coefficient (Wildman–Crippen LogP) is 3.75. The molecule has 2 saturated heterocycles. The third-order valence-corrected chi connectivity index (χ3v) is 7.94. The zero-order chi connectivity index (χ0) is 32.3. The summed E-state index contributed by atoms with van der Waals surface area (Å²) >= 11 is 0. The van der Waals surface area contributed by atoms with E-state index in [2.05, 4.69) is 20.2 Å². The van der Waals surface area contributed by atoms with Gasteiger partial charge in [-0.25, -0.2) is 15.0 Å². The van der Waals surface area contributed by atoms with Crippen molar-refractivity contribution in [3.05, 3.63) is 59.5 Å². The third-order valence-electron chi connectivity index (χ3n) is 7.94. The number of amides is 2. The molecule has 1 N–H and O–H groups in total. The van der Waals surface area contributed by atoms with Crippen LogP contribution in [-0.4, -0.2) is 102 Å². The van der Waals surface area contributed by atoms with Crippen molar-refractivity contribution in [1.29, 1.82) is 0 Å². The first-order valence-corrected chi connectivity index (χ1v) is 14.8. The number of piperazine rings is 1. The molecule has 11 nitrogen and oxygen atoms in total. The Kier molecular flexibility index (Phi) is 9.42. The minimum Gasteiger partial charge on any atom is -0.481 e. The van der Waals surface area contributed by atoms with Gasteiger partial charge in [-0.1, -0.05) is 6.92 Å². The zero-order valence-corrected chi connectivity index (χ0v) is 25.6. The molecule has 0 radical (unpaired) electrons. The topological polar surface area (TPSA) is 113 Å². The van der Waals surface area contributed by atoms with E-state index in [0.717, 1.165) is 19.2 Å². The summed E-state index contributed by atoms with van der Waals surface area (Å²) in [5.41, 5.74) is 0.0991. The molecule has 0 aromatic carbocycles. The summed E-state index contributed by atoms with van der Waals surface area (Å²) in [7, 11) is 3.48. The first-order valence-electron chi connectivity index (χ1n) is 14.8. The molecule has 2 aliphatic rings. The lowest BCUT2D eigenvalue weighted by molar-refractivity contribution is -0.141. The second-order valence-corrected chi connectivity index (χ2v) is 11.0. The molecule has 45 heavy (non-hydrogen) atoms. The van der Waals surface area contributed by atoms with Gasteiger partial charge in [0, 0.05) is 51.0 Å². The van der Waals surface area contributed by atoms with Gasteiger partial charge in [-0.05, 0) is 50.7 Å². The number of methoxy groups -OCH3 is 1. The van der Waals surface area contributed by atoms with E-state index in [-0.39, 0.29) is 55.8 Å². The molecule has 0 spiro atoms. The quantitative estimate of drug-likeness (QED) is 0.379. The predicted molar refractivity (Wildman–Crippen MR) is 161 cm³/mol. The molecule has 3 aromatic rings. The van der Waals surface area contributed by atoms with E-state index in [1.165, 1.54) is 18.1 Å². The lowest BCUT2D eigenvalue weighted by atomic mass is 10.0. The lowest BCUT2D eigenvalue weighted by Gasteiger charge is -2.43. The molecule has 3 aromatic heterocycles. The van der Waals surface area contributed by atoms with E-state index < -0.39 is 23.3 Å². The Morgan fingerprint density at radius 2 is 1.82 bits per heavy atom. The van der Waals surface area contributed by atoms with Crippen molar-refractivity contribution in [3.63, 3.8) is 0 Å². The summed E-state index contributed by atoms with van der Waals surface area (Å²) in [4.78, 5) is 45.3. The van der Waals surface area contributed by atoms with Gasteiger partial charge in [0.1, 0.15) is 0 Å². The van der Waals surface area contributed by atoms with E-state index in [1.54, 1.807) is 31.3 Å². The summed E-state index contributed by atoms with van der Waals surface area (Å²) in [5.74, 6) is -0.932. The van der Waals surface area contributed by atoms with Crippen molar-refractivity contribution in [3.8, 4) is 23.0 Å². The Labute approximate surface area is 259 Å². The minimum absolute atomic E-state index is 0.0178. The molecule has 1 atom stereocenters. The number of pyridine rings is 3. The number of likely N-dealkylation sites (N-methyl/N-ethyl adjacent to an activating group) is 1. The fraction of sp³-hybridized carbons (Fsp3) is 0.452. The van der Waals surface area contributed by atoms with Gasteiger partial charge in [-0.2, -0.15) is 13.2 Å². The number of nitrogens with zero attached hydrogens (tertiary/aromatic N) is 6. The molecular weight excluding hydrogens is 591 g/mol. The van der Waals surface area contributed by atoms with Crippen LogP contribution in [0.4, 0.5) is 18.9 Å². The van der Waals surface area contributed by atoms with Gasteiger partial charge in [0.15, 0.2) is 11.4 Å². The van der Waals surface area contributed by atoms with Gasteiger partial charge < -0.3 is 29.5 Å². The third kappa shape index (κ3) is 6.80. The maximum atomic E-state index is 13.9. The highest BCUT2D eigenvalue weighted by Crippen LogP contribution is 2.35. The first-order chi connectivity index (χ1) is 21.5. The Hall–Kier alpha value is -4.46. The summed E-state index contributed by atoms with van der Waals surface area (Å²) < 4.78 is 52.4. The van der Waals surface area contributed by atoms with Crippen LogP contribution in [0, 0.1) is 0 Å². The second-order valence-electron chi connectivity index (χ2n) is 11.0. The molecule has 2 fully saturated rings. The molecule has 14 heteroatoms. The monoisotopic (exact) mass is 627 g/mol. The number of carbonyl (C=O) groups excluding carboxylic acids is 2. The second kappa shape index (κ2) is 13.3. The van der Waals surface area contributed by atoms with Crippen molar-refractivity contribution in [2.75, 3.05) is 58.4 Å². The van der Waals surface area contributed by atoms with Crippen molar-refractivity contribution in [2.24, 2.45) is 0 Å². The summed E-state index contributed by atoms with van der Waals surface area (Å²) in [6, 6.07) is 9.24. The van der Waals surface area contributed by atoms with Crippen LogP contribution in [0.2, 0.25) is 0 Å². The van der Waals surface area contributed by atoms with Crippen LogP contribution in [0.3, 0.4) is 0 Å². The minimum atomic E-state index is -4.84. The number of hydrogen-bond donors (Lipinski definition) is 1. The normalized spacial score (nSPS) is 17.5. The van der Waals surface area contributed by atoms with E-state index >= 15 is 0 Å². The molecule has 0 bridgehead atoms. The number of aromatic nitrogens is 3. The van der Waals surface area contributed by atoms with E-state index in [9.17, 15) is 22.8 Å². The van der Waals surface area contributed by atoms with Crippen LogP contribution < -0.4 is 19.7 Å². The zero-order valence-electron chi connectivity index (χ0n) is 25.6. The van der Waals surface area contributed by atoms with Crippen LogP contribution in [-0.2, 0) is 6.18 Å². The maximum absolute atomic E-state index is 13.9. The van der Waals surface area contributed by atoms with Gasteiger partial charge >= 0.3 is 6.18 Å². The molecule has 0 saturated carbocycles. The highest BCUT2D eigenvalue weighted by atomic mass is 19.4. The van der Waals surface area contributed by atoms with Gasteiger partial charge in [-0.3, -0.25) is 9.59 Å². The van der Waals surface area contributed by atoms with Crippen molar-refractivity contribution in [2.45, 2.75) is 38.5 Å². The average molecular weight is 628 g/mol. The van der Waals surface area contributed by atoms with E-state index in [0.29, 0.717) is 29.2 Å². The van der Waals surface area contributed by atoms with E-state index in [1.807, 2.05) is 24.9 Å². The number of likely N-dealkylation sites (tertiary alicyclic amines) is 1. The summed E-state index contributed by atoms with van der Waals surface area (Å²) in [6.45, 7) is 5.70. The molecule has 2 aliphatic heterocycles. The number of anilines is 1. The van der Waals surface area contributed by atoms with E-state index in [4.69, 9.17) is 14.5 Å². The summed E-state index contributed by atoms with van der Waals surface area (Å²) in [6.07, 6.45) is -2.68. The number of alkyl halides is 3. The van der Waals surface area contributed by atoms with Crippen LogP contribution in [0.25, 0.3) is 11.3 Å². The smallest absolute Gasteiger partial charge is 0.434 e. The van der Waals surface area contributed by atoms with Crippen molar-refractivity contribution in [1.82, 2.24) is 30.1 Å². The standard InChI is InChI=1S/C31H36F3N7O4/c1-5-20-18-40(30(43)22-9-12-25(45-6-2)38-27(22)31(32,33)34)14-15-41(20)24-11-10-23(21-8-7-13-35-29(21)44-4)37-26(24)28(42)36-19-16-39(3)17-19/h7-13,19-20H,5-6,14-18H2,1-4H3,(H,36,42)/t20-/m1/s1. The number of halogens is 3. The lowest BCUT2D eigenvalue weighted by Crippen LogP contribution is -2.58. The fourth-order valence-corrected chi connectivity index (χ4v) is 5.73. The number of ether oxygens (including phenoxy) is 2. The Morgan fingerprint density at radius 1 is 1.04 bits per heavy atom. The average Bonchev–Trinajstić information content (AvgIpc) is 3.02. The first kappa shape index (κ1) is 31.9. The number of carbonyl (C=O) groups is 2. The highest BCUT2D eigenvalue weighted by Gasteiger charge is 2.40.